The number of nitrogens with zero attached hydrogens (tertiary/aromatic N) is 1. The lowest BCUT2D eigenvalue weighted by molar-refractivity contribution is -0.123. The van der Waals surface area contributed by atoms with E-state index in [1.807, 2.05) is 12.1 Å². The van der Waals surface area contributed by atoms with Crippen molar-refractivity contribution in [1.82, 2.24) is 10.2 Å². The molecule has 122 valence electrons. The van der Waals surface area contributed by atoms with E-state index in [4.69, 9.17) is 0 Å². The van der Waals surface area contributed by atoms with Gasteiger partial charge in [-0.2, -0.15) is 0 Å². The Morgan fingerprint density at radius 3 is 2.78 bits per heavy atom. The second-order valence-electron chi connectivity index (χ2n) is 6.71. The van der Waals surface area contributed by atoms with E-state index in [0.717, 1.165) is 12.1 Å². The van der Waals surface area contributed by atoms with Crippen molar-refractivity contribution in [3.05, 3.63) is 48.0 Å². The molecule has 1 N–H and O–H groups in total. The van der Waals surface area contributed by atoms with Crippen LogP contribution >= 0.6 is 0 Å². The highest BCUT2D eigenvalue weighted by Gasteiger charge is 2.21. The van der Waals surface area contributed by atoms with E-state index in [9.17, 15) is 4.79 Å². The molecule has 1 aliphatic heterocycles. The van der Waals surface area contributed by atoms with E-state index >= 15 is 0 Å². The van der Waals surface area contributed by atoms with Gasteiger partial charge in [-0.25, -0.2) is 0 Å². The smallest absolute Gasteiger partial charge is 0.234 e. The largest absolute Gasteiger partial charge is 0.348 e. The number of carbonyl (C=O) groups excluding carboxylic acids is 1. The highest BCUT2D eigenvalue weighted by atomic mass is 16.2. The van der Waals surface area contributed by atoms with Crippen LogP contribution in [0.25, 0.3) is 10.8 Å². The van der Waals surface area contributed by atoms with Crippen LogP contribution in [0.2, 0.25) is 0 Å². The Morgan fingerprint density at radius 1 is 1.22 bits per heavy atom. The average molecular weight is 310 g/mol. The third kappa shape index (κ3) is 3.91. The van der Waals surface area contributed by atoms with Crippen molar-refractivity contribution in [2.24, 2.45) is 0 Å². The van der Waals surface area contributed by atoms with Crippen LogP contribution in [0.15, 0.2) is 42.5 Å². The summed E-state index contributed by atoms with van der Waals surface area (Å²) < 4.78 is 0. The molecular weight excluding hydrogens is 284 g/mol. The van der Waals surface area contributed by atoms with Crippen molar-refractivity contribution < 1.29 is 4.79 Å². The third-order valence-electron chi connectivity index (χ3n) is 4.94. The predicted octanol–water partition coefficient (Wildman–Crippen LogP) is 3.89. The quantitative estimate of drug-likeness (QED) is 0.929. The van der Waals surface area contributed by atoms with Crippen molar-refractivity contribution in [2.45, 2.75) is 45.2 Å². The van der Waals surface area contributed by atoms with Crippen molar-refractivity contribution in [3.8, 4) is 0 Å². The number of hydrogen-bond acceptors (Lipinski definition) is 2. The van der Waals surface area contributed by atoms with Gasteiger partial charge >= 0.3 is 0 Å². The van der Waals surface area contributed by atoms with Gasteiger partial charge in [0.05, 0.1) is 12.6 Å². The first-order chi connectivity index (χ1) is 11.1. The zero-order valence-corrected chi connectivity index (χ0v) is 14.1. The molecule has 23 heavy (non-hydrogen) atoms. The van der Waals surface area contributed by atoms with Gasteiger partial charge in [-0.15, -0.1) is 0 Å². The SMILES string of the molecule is CC(NC(=O)CN1CCCCC1C)c1ccc2ccccc2c1. The number of fused-ring (bicyclic) bond motifs is 1. The first kappa shape index (κ1) is 16.0. The molecular formula is C20H26N2O. The molecule has 0 spiro atoms. The molecule has 2 atom stereocenters. The van der Waals surface area contributed by atoms with Gasteiger partial charge in [0, 0.05) is 6.04 Å². The maximum Gasteiger partial charge on any atom is 0.234 e. The minimum atomic E-state index is 0.0344. The van der Waals surface area contributed by atoms with Gasteiger partial charge in [-0.1, -0.05) is 42.8 Å². The number of carbonyl (C=O) groups is 1. The van der Waals surface area contributed by atoms with Gasteiger partial charge in [-0.05, 0) is 55.6 Å². The van der Waals surface area contributed by atoms with Gasteiger partial charge < -0.3 is 5.32 Å². The van der Waals surface area contributed by atoms with Gasteiger partial charge in [0.2, 0.25) is 5.91 Å². The van der Waals surface area contributed by atoms with Crippen molar-refractivity contribution in [2.75, 3.05) is 13.1 Å². The Bertz CT molecular complexity index is 682. The summed E-state index contributed by atoms with van der Waals surface area (Å²) in [5.41, 5.74) is 1.16. The maximum atomic E-state index is 12.4. The lowest BCUT2D eigenvalue weighted by atomic mass is 10.0. The van der Waals surface area contributed by atoms with Crippen LogP contribution in [0, 0.1) is 0 Å². The van der Waals surface area contributed by atoms with Gasteiger partial charge in [-0.3, -0.25) is 9.69 Å². The number of likely N-dealkylation sites (tertiary alicyclic amines) is 1. The summed E-state index contributed by atoms with van der Waals surface area (Å²) in [5.74, 6) is 0.124. The van der Waals surface area contributed by atoms with E-state index in [2.05, 4.69) is 54.4 Å². The molecule has 1 heterocycles. The molecule has 3 nitrogen and oxygen atoms in total. The highest BCUT2D eigenvalue weighted by molar-refractivity contribution is 5.83. The zero-order chi connectivity index (χ0) is 16.2. The van der Waals surface area contributed by atoms with E-state index in [0.29, 0.717) is 12.6 Å². The molecule has 3 rings (SSSR count). The molecule has 2 unspecified atom stereocenters. The first-order valence-corrected chi connectivity index (χ1v) is 8.65. The van der Waals surface area contributed by atoms with Crippen LogP contribution in [0.5, 0.6) is 0 Å². The minimum Gasteiger partial charge on any atom is -0.348 e. The molecule has 2 aromatic carbocycles. The maximum absolute atomic E-state index is 12.4. The van der Waals surface area contributed by atoms with Crippen LogP contribution in [0.4, 0.5) is 0 Å². The van der Waals surface area contributed by atoms with Crippen molar-refractivity contribution >= 4 is 16.7 Å². The number of piperidine rings is 1. The van der Waals surface area contributed by atoms with Crippen molar-refractivity contribution in [1.29, 1.82) is 0 Å². The second kappa shape index (κ2) is 7.14. The summed E-state index contributed by atoms with van der Waals surface area (Å²) in [5, 5.41) is 5.60. The molecule has 0 bridgehead atoms. The first-order valence-electron chi connectivity index (χ1n) is 8.65. The Kier molecular flexibility index (Phi) is 4.97. The summed E-state index contributed by atoms with van der Waals surface area (Å²) in [6.07, 6.45) is 3.69. The number of hydrogen-bond donors (Lipinski definition) is 1. The fraction of sp³-hybridized carbons (Fsp3) is 0.450. The normalized spacial score (nSPS) is 20.3. The molecule has 1 amide bonds. The summed E-state index contributed by atoms with van der Waals surface area (Å²) in [6.45, 7) is 5.83. The Labute approximate surface area is 138 Å². The van der Waals surface area contributed by atoms with Gasteiger partial charge in [0.25, 0.3) is 0 Å². The fourth-order valence-electron chi connectivity index (χ4n) is 3.42. The van der Waals surface area contributed by atoms with Crippen LogP contribution in [0.3, 0.4) is 0 Å². The van der Waals surface area contributed by atoms with E-state index < -0.39 is 0 Å². The number of benzene rings is 2. The van der Waals surface area contributed by atoms with E-state index in [1.165, 1.54) is 30.0 Å². The summed E-state index contributed by atoms with van der Waals surface area (Å²) in [7, 11) is 0. The molecule has 0 radical (unpaired) electrons. The fourth-order valence-corrected chi connectivity index (χ4v) is 3.42. The van der Waals surface area contributed by atoms with Crippen LogP contribution in [-0.4, -0.2) is 29.9 Å². The number of nitrogens with one attached hydrogen (secondary N) is 1. The Morgan fingerprint density at radius 2 is 2.00 bits per heavy atom. The van der Waals surface area contributed by atoms with Gasteiger partial charge in [0.1, 0.15) is 0 Å². The molecule has 2 aromatic rings. The molecule has 1 aliphatic rings. The average Bonchev–Trinajstić information content (AvgIpc) is 2.56. The third-order valence-corrected chi connectivity index (χ3v) is 4.94. The Balaban J connectivity index is 1.62. The molecule has 3 heteroatoms. The minimum absolute atomic E-state index is 0.0344. The van der Waals surface area contributed by atoms with Gasteiger partial charge in [0.15, 0.2) is 0 Å². The summed E-state index contributed by atoms with van der Waals surface area (Å²) in [4.78, 5) is 14.6. The topological polar surface area (TPSA) is 32.3 Å². The lowest BCUT2D eigenvalue weighted by Crippen LogP contribution is -2.44. The number of amides is 1. The Hall–Kier alpha value is -1.87. The predicted molar refractivity (Wildman–Crippen MR) is 95.4 cm³/mol. The summed E-state index contributed by atoms with van der Waals surface area (Å²) in [6, 6.07) is 15.3. The lowest BCUT2D eigenvalue weighted by Gasteiger charge is -2.33. The van der Waals surface area contributed by atoms with Crippen LogP contribution in [-0.2, 0) is 4.79 Å². The summed E-state index contributed by atoms with van der Waals surface area (Å²) >= 11 is 0. The molecule has 0 aromatic heterocycles. The van der Waals surface area contributed by atoms with Crippen molar-refractivity contribution in [3.63, 3.8) is 0 Å². The zero-order valence-electron chi connectivity index (χ0n) is 14.1. The number of rotatable bonds is 4. The van der Waals surface area contributed by atoms with Crippen LogP contribution in [0.1, 0.15) is 44.7 Å². The van der Waals surface area contributed by atoms with E-state index in [1.54, 1.807) is 0 Å². The molecule has 1 fully saturated rings. The molecule has 0 aliphatic carbocycles. The standard InChI is InChI=1S/C20H26N2O/c1-15-7-5-6-12-22(15)14-20(23)21-16(2)18-11-10-17-8-3-4-9-19(17)13-18/h3-4,8-11,13,15-16H,5-7,12,14H2,1-2H3,(H,21,23). The van der Waals surface area contributed by atoms with Crippen LogP contribution < -0.4 is 5.32 Å². The monoisotopic (exact) mass is 310 g/mol. The second-order valence-corrected chi connectivity index (χ2v) is 6.71. The highest BCUT2D eigenvalue weighted by Crippen LogP contribution is 2.20. The van der Waals surface area contributed by atoms with E-state index in [-0.39, 0.29) is 11.9 Å². The molecule has 0 saturated carbocycles. The molecule has 1 saturated heterocycles.